The molecule has 7 nitrogen and oxygen atoms in total. The molecule has 1 N–H and O–H groups in total. The Morgan fingerprint density at radius 2 is 1.95 bits per heavy atom. The molecule has 1 aromatic rings. The number of halogens is 1. The molecule has 1 aromatic carbocycles. The topological polar surface area (TPSA) is 87.1 Å². The number of aliphatic hydroxyl groups excluding tert-OH is 1. The Bertz CT molecular complexity index is 1160. The van der Waals surface area contributed by atoms with Crippen LogP contribution in [0.5, 0.6) is 0 Å². The number of amides is 2. The van der Waals surface area contributed by atoms with E-state index in [1.54, 1.807) is 33.7 Å². The molecule has 3 saturated heterocycles. The lowest BCUT2D eigenvalue weighted by Gasteiger charge is -2.38. The molecule has 1 spiro atoms. The lowest BCUT2D eigenvalue weighted by atomic mass is 9.71. The molecule has 6 atom stereocenters. The van der Waals surface area contributed by atoms with Crippen LogP contribution in [0.25, 0.3) is 0 Å². The lowest BCUT2D eigenvalue weighted by molar-refractivity contribution is -0.154. The summed E-state index contributed by atoms with van der Waals surface area (Å²) in [6.45, 7) is 12.8. The van der Waals surface area contributed by atoms with Crippen LogP contribution in [0.15, 0.2) is 43.5 Å². The van der Waals surface area contributed by atoms with Crippen LogP contribution in [0.1, 0.15) is 56.1 Å². The van der Waals surface area contributed by atoms with Crippen LogP contribution in [0.4, 0.5) is 5.69 Å². The van der Waals surface area contributed by atoms with Gasteiger partial charge in [0, 0.05) is 35.5 Å². The Balaban J connectivity index is 1.71. The highest BCUT2D eigenvalue weighted by Crippen LogP contribution is 2.68. The van der Waals surface area contributed by atoms with Crippen LogP contribution in [-0.2, 0) is 19.1 Å². The van der Waals surface area contributed by atoms with Crippen LogP contribution < -0.4 is 4.90 Å². The maximum absolute atomic E-state index is 14.7. The predicted octanol–water partition coefficient (Wildman–Crippen LogP) is 5.35. The molecule has 3 aliphatic rings. The predicted molar refractivity (Wildman–Crippen MR) is 168 cm³/mol. The van der Waals surface area contributed by atoms with Crippen molar-refractivity contribution in [2.45, 2.75) is 79.7 Å². The molecule has 0 radical (unpaired) electrons. The van der Waals surface area contributed by atoms with Crippen molar-refractivity contribution in [2.24, 2.45) is 11.8 Å². The number of esters is 1. The fourth-order valence-electron chi connectivity index (χ4n) is 6.76. The van der Waals surface area contributed by atoms with E-state index in [1.807, 2.05) is 32.0 Å². The van der Waals surface area contributed by atoms with Gasteiger partial charge in [0.15, 0.2) is 0 Å². The minimum absolute atomic E-state index is 0.00404. The summed E-state index contributed by atoms with van der Waals surface area (Å²) in [7, 11) is 0. The average Bonchev–Trinajstić information content (AvgIpc) is 3.54. The van der Waals surface area contributed by atoms with E-state index in [0.29, 0.717) is 32.4 Å². The van der Waals surface area contributed by atoms with Gasteiger partial charge in [-0.05, 0) is 63.1 Å². The number of benzene rings is 1. The SMILES string of the molecule is C=CCCCOC(=O)[C@H]1[C@H]2C(=O)N(CCCCCCO)C(C(=O)N(CC=C)c3cc(C)ccc3C)C23CC(Br)[C@@H]1S3. The molecule has 3 unspecified atom stereocenters. The van der Waals surface area contributed by atoms with Gasteiger partial charge in [-0.3, -0.25) is 14.4 Å². The summed E-state index contributed by atoms with van der Waals surface area (Å²) in [6.07, 6.45) is 8.74. The van der Waals surface area contributed by atoms with Crippen molar-refractivity contribution in [1.29, 1.82) is 0 Å². The van der Waals surface area contributed by atoms with Crippen LogP contribution in [0, 0.1) is 25.7 Å². The van der Waals surface area contributed by atoms with Crippen molar-refractivity contribution in [2.75, 3.05) is 31.2 Å². The zero-order valence-corrected chi connectivity index (χ0v) is 26.6. The van der Waals surface area contributed by atoms with Gasteiger partial charge < -0.3 is 19.6 Å². The number of thioether (sulfide) groups is 1. The Labute approximate surface area is 256 Å². The molecule has 9 heteroatoms. The number of fused-ring (bicyclic) bond motifs is 1. The number of allylic oxidation sites excluding steroid dienone is 1. The van der Waals surface area contributed by atoms with Crippen molar-refractivity contribution in [1.82, 2.24) is 4.90 Å². The molecule has 41 heavy (non-hydrogen) atoms. The van der Waals surface area contributed by atoms with E-state index in [-0.39, 0.29) is 41.1 Å². The summed E-state index contributed by atoms with van der Waals surface area (Å²) >= 11 is 5.46. The summed E-state index contributed by atoms with van der Waals surface area (Å²) in [4.78, 5) is 46.1. The Morgan fingerprint density at radius 1 is 1.20 bits per heavy atom. The van der Waals surface area contributed by atoms with E-state index in [1.165, 1.54) is 0 Å². The summed E-state index contributed by atoms with van der Waals surface area (Å²) in [5.41, 5.74) is 2.83. The van der Waals surface area contributed by atoms with Crippen molar-refractivity contribution < 1.29 is 24.2 Å². The van der Waals surface area contributed by atoms with Crippen LogP contribution in [0.2, 0.25) is 0 Å². The largest absolute Gasteiger partial charge is 0.465 e. The third-order valence-electron chi connectivity index (χ3n) is 8.63. The number of ether oxygens (including phenoxy) is 1. The molecule has 0 saturated carbocycles. The Kier molecular flexibility index (Phi) is 10.8. The second-order valence-corrected chi connectivity index (χ2v) is 14.2. The highest BCUT2D eigenvalue weighted by Gasteiger charge is 2.76. The maximum Gasteiger partial charge on any atom is 0.310 e. The monoisotopic (exact) mass is 646 g/mol. The summed E-state index contributed by atoms with van der Waals surface area (Å²) in [6, 6.07) is 5.34. The smallest absolute Gasteiger partial charge is 0.310 e. The first-order chi connectivity index (χ1) is 19.7. The Hall–Kier alpha value is -2.10. The van der Waals surface area contributed by atoms with Gasteiger partial charge in [-0.1, -0.05) is 53.1 Å². The molecular formula is C32H43BrN2O5S. The third-order valence-corrected chi connectivity index (χ3v) is 11.9. The number of hydrogen-bond acceptors (Lipinski definition) is 6. The number of aliphatic hydroxyl groups is 1. The number of likely N-dealkylation sites (tertiary alicyclic amines) is 1. The fourth-order valence-corrected chi connectivity index (χ4v) is 10.4. The summed E-state index contributed by atoms with van der Waals surface area (Å²) in [5.74, 6) is -1.79. The maximum atomic E-state index is 14.7. The second-order valence-electron chi connectivity index (χ2n) is 11.5. The van der Waals surface area contributed by atoms with Gasteiger partial charge in [-0.15, -0.1) is 24.9 Å². The normalized spacial score (nSPS) is 28.0. The first-order valence-electron chi connectivity index (χ1n) is 14.7. The number of aryl methyl sites for hydroxylation is 2. The number of alkyl halides is 1. The first-order valence-corrected chi connectivity index (χ1v) is 16.5. The van der Waals surface area contributed by atoms with E-state index in [9.17, 15) is 19.5 Å². The molecule has 3 heterocycles. The van der Waals surface area contributed by atoms with E-state index in [4.69, 9.17) is 4.74 Å². The van der Waals surface area contributed by atoms with Crippen LogP contribution in [0.3, 0.4) is 0 Å². The molecular weight excluding hydrogens is 604 g/mol. The number of hydrogen-bond donors (Lipinski definition) is 1. The van der Waals surface area contributed by atoms with E-state index < -0.39 is 22.6 Å². The van der Waals surface area contributed by atoms with Gasteiger partial charge in [0.2, 0.25) is 5.91 Å². The molecule has 2 amide bonds. The number of nitrogens with zero attached hydrogens (tertiary/aromatic N) is 2. The van der Waals surface area contributed by atoms with Gasteiger partial charge >= 0.3 is 5.97 Å². The fraction of sp³-hybridized carbons (Fsp3) is 0.594. The molecule has 0 aliphatic carbocycles. The van der Waals surface area contributed by atoms with Crippen molar-refractivity contribution in [3.8, 4) is 0 Å². The number of anilines is 1. The van der Waals surface area contributed by atoms with Gasteiger partial charge in [-0.25, -0.2) is 0 Å². The summed E-state index contributed by atoms with van der Waals surface area (Å²) in [5, 5.41) is 9.06. The molecule has 2 bridgehead atoms. The quantitative estimate of drug-likeness (QED) is 0.120. The molecule has 3 aliphatic heterocycles. The summed E-state index contributed by atoms with van der Waals surface area (Å²) < 4.78 is 4.98. The highest BCUT2D eigenvalue weighted by atomic mass is 79.9. The van der Waals surface area contributed by atoms with Gasteiger partial charge in [0.25, 0.3) is 5.91 Å². The molecule has 4 rings (SSSR count). The highest BCUT2D eigenvalue weighted by molar-refractivity contribution is 9.09. The van der Waals surface area contributed by atoms with E-state index in [0.717, 1.165) is 42.5 Å². The Morgan fingerprint density at radius 3 is 2.66 bits per heavy atom. The zero-order valence-electron chi connectivity index (χ0n) is 24.2. The zero-order chi connectivity index (χ0) is 29.7. The second kappa shape index (κ2) is 13.9. The van der Waals surface area contributed by atoms with Crippen LogP contribution >= 0.6 is 27.7 Å². The standard InChI is InChI=1S/C32H43BrN2O5S/c1-5-7-12-18-40-31(39)25-26-29(37)35(16-10-8-9-11-17-36)28(32(26)20-23(33)27(25)41-32)30(38)34(15-6-2)24-19-21(3)13-14-22(24)4/h5-6,13-14,19,23,25-28,36H,1-2,7-12,15-18,20H2,3-4H3/t23?,25-,26-,27-,28?,32?/m0/s1. The van der Waals surface area contributed by atoms with Gasteiger partial charge in [0.1, 0.15) is 6.04 Å². The van der Waals surface area contributed by atoms with Gasteiger partial charge in [-0.2, -0.15) is 0 Å². The molecule has 0 aromatic heterocycles. The number of rotatable bonds is 15. The van der Waals surface area contributed by atoms with Crippen molar-refractivity contribution in [3.05, 3.63) is 54.6 Å². The molecule has 3 fully saturated rings. The van der Waals surface area contributed by atoms with Gasteiger partial charge in [0.05, 0.1) is 23.2 Å². The lowest BCUT2D eigenvalue weighted by Crippen LogP contribution is -2.55. The minimum atomic E-state index is -0.722. The minimum Gasteiger partial charge on any atom is -0.465 e. The van der Waals surface area contributed by atoms with Crippen molar-refractivity contribution in [3.63, 3.8) is 0 Å². The average molecular weight is 648 g/mol. The first kappa shape index (κ1) is 31.8. The van der Waals surface area contributed by atoms with E-state index >= 15 is 0 Å². The number of unbranched alkanes of at least 4 members (excludes halogenated alkanes) is 4. The van der Waals surface area contributed by atoms with Crippen molar-refractivity contribution >= 4 is 51.2 Å². The van der Waals surface area contributed by atoms with E-state index in [2.05, 4.69) is 29.1 Å². The third kappa shape index (κ3) is 6.18. The number of carbonyl (C=O) groups excluding carboxylic acids is 3. The number of carbonyl (C=O) groups is 3. The van der Waals surface area contributed by atoms with Crippen LogP contribution in [-0.4, -0.2) is 75.0 Å². The molecule has 224 valence electrons.